The number of H-pyrrole nitrogens is 1. The van der Waals surface area contributed by atoms with Crippen molar-refractivity contribution < 1.29 is 4.79 Å². The van der Waals surface area contributed by atoms with Crippen LogP contribution < -0.4 is 15.8 Å². The largest absolute Gasteiger partial charge is 0.370 e. The van der Waals surface area contributed by atoms with Crippen molar-refractivity contribution in [3.05, 3.63) is 58.0 Å². The number of fused-ring (bicyclic) bond motifs is 1. The molecule has 1 saturated heterocycles. The van der Waals surface area contributed by atoms with E-state index in [2.05, 4.69) is 44.2 Å². The second-order valence-corrected chi connectivity index (χ2v) is 8.90. The quantitative estimate of drug-likeness (QED) is 0.571. The molecule has 33 heavy (non-hydrogen) atoms. The van der Waals surface area contributed by atoms with Crippen LogP contribution in [-0.4, -0.2) is 70.2 Å². The predicted octanol–water partition coefficient (Wildman–Crippen LogP) is 2.18. The number of likely N-dealkylation sites (N-methyl/N-ethyl adjacent to an activating group) is 1. The minimum atomic E-state index is -0.171. The maximum atomic E-state index is 12.5. The highest BCUT2D eigenvalue weighted by molar-refractivity contribution is 5.92. The summed E-state index contributed by atoms with van der Waals surface area (Å²) < 4.78 is 1.70. The number of pyridine rings is 1. The van der Waals surface area contributed by atoms with Gasteiger partial charge in [0, 0.05) is 50.5 Å². The number of anilines is 1. The van der Waals surface area contributed by atoms with Crippen LogP contribution in [0.15, 0.2) is 35.4 Å². The topological polar surface area (TPSA) is 98.6 Å². The zero-order chi connectivity index (χ0) is 23.5. The summed E-state index contributed by atoms with van der Waals surface area (Å²) in [6.45, 7) is 6.83. The summed E-state index contributed by atoms with van der Waals surface area (Å²) >= 11 is 0. The number of aromatic nitrogens is 4. The fraction of sp³-hybridized carbons (Fsp3) is 0.500. The lowest BCUT2D eigenvalue weighted by atomic mass is 9.98. The molecule has 1 aliphatic heterocycles. The SMILES string of the molecule is CCC(CN(C)C1CCN(c2ccc(C(=O)NC)nc2)CC1)c1cn2nc(C)cc2c(=O)[nH]1. The third-order valence-corrected chi connectivity index (χ3v) is 6.71. The Hall–Kier alpha value is -3.20. The number of carbonyl (C=O) groups excluding carboxylic acids is 1. The molecule has 4 rings (SSSR count). The molecule has 3 aromatic heterocycles. The molecule has 1 unspecified atom stereocenters. The van der Waals surface area contributed by atoms with Crippen LogP contribution in [0.1, 0.15) is 54.0 Å². The molecule has 3 aromatic rings. The molecule has 4 heterocycles. The summed E-state index contributed by atoms with van der Waals surface area (Å²) in [5, 5.41) is 7.03. The van der Waals surface area contributed by atoms with E-state index in [0.29, 0.717) is 17.3 Å². The molecule has 0 aliphatic carbocycles. The number of amides is 1. The summed E-state index contributed by atoms with van der Waals surface area (Å²) in [5.41, 5.74) is 3.76. The molecule has 0 saturated carbocycles. The molecule has 0 bridgehead atoms. The molecule has 1 fully saturated rings. The van der Waals surface area contributed by atoms with Gasteiger partial charge >= 0.3 is 0 Å². The maximum absolute atomic E-state index is 12.5. The Labute approximate surface area is 193 Å². The second kappa shape index (κ2) is 9.74. The monoisotopic (exact) mass is 451 g/mol. The van der Waals surface area contributed by atoms with Gasteiger partial charge in [-0.2, -0.15) is 5.10 Å². The maximum Gasteiger partial charge on any atom is 0.274 e. The molecular weight excluding hydrogens is 418 g/mol. The van der Waals surface area contributed by atoms with Gasteiger partial charge in [-0.25, -0.2) is 9.50 Å². The first-order valence-corrected chi connectivity index (χ1v) is 11.6. The summed E-state index contributed by atoms with van der Waals surface area (Å²) in [7, 11) is 3.79. The number of nitrogens with zero attached hydrogens (tertiary/aromatic N) is 5. The van der Waals surface area contributed by atoms with Gasteiger partial charge < -0.3 is 20.1 Å². The summed E-state index contributed by atoms with van der Waals surface area (Å²) in [5.74, 6) is 0.0617. The first-order chi connectivity index (χ1) is 15.9. The van der Waals surface area contributed by atoms with Crippen molar-refractivity contribution in [2.24, 2.45) is 0 Å². The molecule has 0 radical (unpaired) electrons. The number of hydrogen-bond acceptors (Lipinski definition) is 6. The summed E-state index contributed by atoms with van der Waals surface area (Å²) in [6.07, 6.45) is 6.79. The molecule has 1 atom stereocenters. The molecule has 0 aromatic carbocycles. The fourth-order valence-corrected chi connectivity index (χ4v) is 4.70. The number of carbonyl (C=O) groups is 1. The van der Waals surface area contributed by atoms with E-state index in [-0.39, 0.29) is 17.4 Å². The number of aryl methyl sites for hydroxylation is 1. The van der Waals surface area contributed by atoms with Crippen molar-refractivity contribution in [3.8, 4) is 0 Å². The Bertz CT molecular complexity index is 1160. The highest BCUT2D eigenvalue weighted by Crippen LogP contribution is 2.25. The fourth-order valence-electron chi connectivity index (χ4n) is 4.70. The molecule has 9 heteroatoms. The third-order valence-electron chi connectivity index (χ3n) is 6.71. The lowest BCUT2D eigenvalue weighted by Crippen LogP contribution is -2.44. The van der Waals surface area contributed by atoms with Crippen molar-refractivity contribution in [1.82, 2.24) is 29.8 Å². The van der Waals surface area contributed by atoms with Gasteiger partial charge in [0.25, 0.3) is 11.5 Å². The molecule has 176 valence electrons. The molecule has 1 aliphatic rings. The predicted molar refractivity (Wildman–Crippen MR) is 129 cm³/mol. The van der Waals surface area contributed by atoms with E-state index in [4.69, 9.17) is 0 Å². The number of rotatable bonds is 7. The minimum absolute atomic E-state index is 0.0847. The minimum Gasteiger partial charge on any atom is -0.370 e. The van der Waals surface area contributed by atoms with E-state index in [1.54, 1.807) is 23.8 Å². The van der Waals surface area contributed by atoms with E-state index in [9.17, 15) is 9.59 Å². The van der Waals surface area contributed by atoms with Crippen LogP contribution >= 0.6 is 0 Å². The van der Waals surface area contributed by atoms with Crippen molar-refractivity contribution >= 4 is 17.1 Å². The van der Waals surface area contributed by atoms with E-state index in [0.717, 1.165) is 56.0 Å². The second-order valence-electron chi connectivity index (χ2n) is 8.90. The van der Waals surface area contributed by atoms with E-state index in [1.165, 1.54) is 0 Å². The van der Waals surface area contributed by atoms with E-state index >= 15 is 0 Å². The van der Waals surface area contributed by atoms with Crippen LogP contribution in [0.2, 0.25) is 0 Å². The van der Waals surface area contributed by atoms with Gasteiger partial charge in [-0.15, -0.1) is 0 Å². The van der Waals surface area contributed by atoms with Crippen molar-refractivity contribution in [2.45, 2.75) is 45.1 Å². The summed E-state index contributed by atoms with van der Waals surface area (Å²) in [6, 6.07) is 6.04. The molecule has 9 nitrogen and oxygen atoms in total. The first kappa shape index (κ1) is 23.0. The number of hydrogen-bond donors (Lipinski definition) is 2. The first-order valence-electron chi connectivity index (χ1n) is 11.6. The van der Waals surface area contributed by atoms with Gasteiger partial charge in [-0.3, -0.25) is 9.59 Å². The molecule has 1 amide bonds. The van der Waals surface area contributed by atoms with Gasteiger partial charge in [0.05, 0.1) is 17.6 Å². The Morgan fingerprint density at radius 2 is 2.09 bits per heavy atom. The smallest absolute Gasteiger partial charge is 0.274 e. The van der Waals surface area contributed by atoms with Gasteiger partial charge in [-0.05, 0) is 51.4 Å². The molecule has 0 spiro atoms. The van der Waals surface area contributed by atoms with Crippen molar-refractivity contribution in [3.63, 3.8) is 0 Å². The highest BCUT2D eigenvalue weighted by Gasteiger charge is 2.25. The Morgan fingerprint density at radius 1 is 1.33 bits per heavy atom. The normalized spacial score (nSPS) is 15.8. The van der Waals surface area contributed by atoms with E-state index < -0.39 is 0 Å². The van der Waals surface area contributed by atoms with Crippen LogP contribution in [-0.2, 0) is 0 Å². The van der Waals surface area contributed by atoms with Gasteiger partial charge in [0.15, 0.2) is 0 Å². The van der Waals surface area contributed by atoms with Gasteiger partial charge in [0.1, 0.15) is 11.2 Å². The van der Waals surface area contributed by atoms with Crippen LogP contribution in [0.4, 0.5) is 5.69 Å². The van der Waals surface area contributed by atoms with Crippen LogP contribution in [0, 0.1) is 6.92 Å². The average Bonchev–Trinajstić information content (AvgIpc) is 3.23. The van der Waals surface area contributed by atoms with E-state index in [1.807, 2.05) is 25.3 Å². The molecule has 2 N–H and O–H groups in total. The van der Waals surface area contributed by atoms with Crippen LogP contribution in [0.3, 0.4) is 0 Å². The van der Waals surface area contributed by atoms with Crippen LogP contribution in [0.5, 0.6) is 0 Å². The Morgan fingerprint density at radius 3 is 2.73 bits per heavy atom. The Balaban J connectivity index is 1.37. The van der Waals surface area contributed by atoms with Gasteiger partial charge in [-0.1, -0.05) is 6.92 Å². The lowest BCUT2D eigenvalue weighted by molar-refractivity contribution is 0.0958. The van der Waals surface area contributed by atoms with Crippen molar-refractivity contribution in [1.29, 1.82) is 0 Å². The summed E-state index contributed by atoms with van der Waals surface area (Å²) in [4.78, 5) is 36.3. The number of nitrogens with one attached hydrogen (secondary N) is 2. The Kier molecular flexibility index (Phi) is 6.78. The molecular formula is C24H33N7O2. The lowest BCUT2D eigenvalue weighted by Gasteiger charge is -2.38. The number of piperidine rings is 1. The third kappa shape index (κ3) is 4.93. The zero-order valence-corrected chi connectivity index (χ0v) is 19.8. The van der Waals surface area contributed by atoms with Crippen molar-refractivity contribution in [2.75, 3.05) is 38.6 Å². The average molecular weight is 452 g/mol. The standard InChI is InChI=1S/C24H33N7O2/c1-5-17(21-15-31-22(24(33)27-21)12-16(2)28-31)14-29(4)18-8-10-30(11-9-18)19-6-7-20(26-13-19)23(32)25-3/h6-7,12-13,15,17-18H,5,8-11,14H2,1-4H3,(H,25,32)(H,27,33). The van der Waals surface area contributed by atoms with Crippen LogP contribution in [0.25, 0.3) is 5.52 Å². The van der Waals surface area contributed by atoms with Gasteiger partial charge in [0.2, 0.25) is 0 Å². The number of aromatic amines is 1. The highest BCUT2D eigenvalue weighted by atomic mass is 16.1. The zero-order valence-electron chi connectivity index (χ0n) is 19.8.